The molecule has 100 valence electrons. The molecule has 1 aromatic rings. The van der Waals surface area contributed by atoms with E-state index in [1.807, 2.05) is 30.1 Å². The van der Waals surface area contributed by atoms with Gasteiger partial charge >= 0.3 is 0 Å². The molecule has 1 aliphatic heterocycles. The smallest absolute Gasteiger partial charge is 0.208 e. The van der Waals surface area contributed by atoms with Gasteiger partial charge in [-0.25, -0.2) is 0 Å². The van der Waals surface area contributed by atoms with Gasteiger partial charge in [0.1, 0.15) is 12.0 Å². The van der Waals surface area contributed by atoms with Crippen molar-refractivity contribution in [2.45, 2.75) is 16.1 Å². The molecule has 1 fully saturated rings. The second-order valence-electron chi connectivity index (χ2n) is 4.13. The van der Waals surface area contributed by atoms with Gasteiger partial charge in [0.15, 0.2) is 0 Å². The summed E-state index contributed by atoms with van der Waals surface area (Å²) in [5, 5.41) is 0. The molecule has 0 radical (unpaired) electrons. The van der Waals surface area contributed by atoms with Gasteiger partial charge in [0.2, 0.25) is 9.90 Å². The predicted octanol–water partition coefficient (Wildman–Crippen LogP) is 3.09. The Morgan fingerprint density at radius 2 is 2.06 bits per heavy atom. The first-order valence-electron chi connectivity index (χ1n) is 5.57. The average Bonchev–Trinajstić information content (AvgIpc) is 2.77. The molecule has 6 heteroatoms. The third-order valence-corrected chi connectivity index (χ3v) is 4.16. The minimum atomic E-state index is -1.34. The van der Waals surface area contributed by atoms with E-state index in [-0.39, 0.29) is 0 Å². The standard InChI is InChI=1S/C12H14Cl3NO2/c1-16-7-8-17-11(16)12(14,15)10(13)18-9-5-3-2-4-6-9/h2-6,10-11H,7-8H2,1H3/t10-,11?/m0/s1. The van der Waals surface area contributed by atoms with Crippen molar-refractivity contribution in [3.63, 3.8) is 0 Å². The molecule has 0 amide bonds. The van der Waals surface area contributed by atoms with E-state index < -0.39 is 16.1 Å². The first-order chi connectivity index (χ1) is 8.51. The molecule has 0 spiro atoms. The summed E-state index contributed by atoms with van der Waals surface area (Å²) in [7, 11) is 1.88. The van der Waals surface area contributed by atoms with Crippen LogP contribution < -0.4 is 4.74 Å². The van der Waals surface area contributed by atoms with E-state index in [1.165, 1.54) is 0 Å². The maximum Gasteiger partial charge on any atom is 0.208 e. The number of para-hydroxylation sites is 1. The highest BCUT2D eigenvalue weighted by Crippen LogP contribution is 2.38. The number of ether oxygens (including phenoxy) is 2. The van der Waals surface area contributed by atoms with Gasteiger partial charge in [0.25, 0.3) is 0 Å². The molecule has 1 saturated heterocycles. The van der Waals surface area contributed by atoms with E-state index in [0.717, 1.165) is 6.54 Å². The van der Waals surface area contributed by atoms with Crippen LogP contribution in [0.4, 0.5) is 0 Å². The van der Waals surface area contributed by atoms with Gasteiger partial charge < -0.3 is 9.47 Å². The van der Waals surface area contributed by atoms with Gasteiger partial charge in [-0.3, -0.25) is 4.90 Å². The minimum absolute atomic E-state index is 0.480. The molecular weight excluding hydrogens is 296 g/mol. The Morgan fingerprint density at radius 1 is 1.39 bits per heavy atom. The monoisotopic (exact) mass is 309 g/mol. The number of alkyl halides is 3. The van der Waals surface area contributed by atoms with Crippen molar-refractivity contribution in [1.29, 1.82) is 0 Å². The largest absolute Gasteiger partial charge is 0.471 e. The highest BCUT2D eigenvalue weighted by Gasteiger charge is 2.48. The van der Waals surface area contributed by atoms with Crippen LogP contribution in [0.25, 0.3) is 0 Å². The molecule has 0 aliphatic carbocycles. The molecule has 1 heterocycles. The Balaban J connectivity index is 2.05. The molecule has 1 unspecified atom stereocenters. The second kappa shape index (κ2) is 5.85. The summed E-state index contributed by atoms with van der Waals surface area (Å²) in [6.45, 7) is 1.35. The van der Waals surface area contributed by atoms with Crippen molar-refractivity contribution in [2.24, 2.45) is 0 Å². The van der Waals surface area contributed by atoms with Crippen LogP contribution in [0.1, 0.15) is 0 Å². The lowest BCUT2D eigenvalue weighted by Crippen LogP contribution is -2.48. The molecule has 2 atom stereocenters. The lowest BCUT2D eigenvalue weighted by molar-refractivity contribution is 0.0138. The molecule has 0 N–H and O–H groups in total. The number of hydrogen-bond donors (Lipinski definition) is 0. The van der Waals surface area contributed by atoms with Crippen molar-refractivity contribution in [3.8, 4) is 5.75 Å². The minimum Gasteiger partial charge on any atom is -0.471 e. The first-order valence-corrected chi connectivity index (χ1v) is 6.76. The summed E-state index contributed by atoms with van der Waals surface area (Å²) < 4.78 is 9.68. The summed E-state index contributed by atoms with van der Waals surface area (Å²) >= 11 is 18.7. The number of hydrogen-bond acceptors (Lipinski definition) is 3. The van der Waals surface area contributed by atoms with Crippen LogP contribution in [0.15, 0.2) is 30.3 Å². The second-order valence-corrected chi connectivity index (χ2v) is 5.97. The van der Waals surface area contributed by atoms with E-state index in [9.17, 15) is 0 Å². The normalized spacial score (nSPS) is 23.0. The summed E-state index contributed by atoms with van der Waals surface area (Å²) in [6, 6.07) is 9.16. The van der Waals surface area contributed by atoms with Crippen molar-refractivity contribution in [2.75, 3.05) is 20.2 Å². The number of benzene rings is 1. The third-order valence-electron chi connectivity index (χ3n) is 2.73. The van der Waals surface area contributed by atoms with Crippen LogP contribution >= 0.6 is 34.8 Å². The van der Waals surface area contributed by atoms with Crippen LogP contribution in [-0.2, 0) is 4.74 Å². The van der Waals surface area contributed by atoms with E-state index in [4.69, 9.17) is 44.3 Å². The zero-order chi connectivity index (χ0) is 13.2. The summed E-state index contributed by atoms with van der Waals surface area (Å²) in [4.78, 5) is 1.91. The van der Waals surface area contributed by atoms with Gasteiger partial charge in [-0.2, -0.15) is 0 Å². The Labute approximate surface area is 122 Å². The van der Waals surface area contributed by atoms with Gasteiger partial charge in [0.05, 0.1) is 6.61 Å². The highest BCUT2D eigenvalue weighted by molar-refractivity contribution is 6.52. The van der Waals surface area contributed by atoms with Crippen molar-refractivity contribution in [1.82, 2.24) is 4.90 Å². The number of halogens is 3. The third kappa shape index (κ3) is 3.03. The maximum atomic E-state index is 6.28. The quantitative estimate of drug-likeness (QED) is 0.798. The van der Waals surface area contributed by atoms with E-state index in [0.29, 0.717) is 12.4 Å². The predicted molar refractivity (Wildman–Crippen MR) is 73.5 cm³/mol. The zero-order valence-corrected chi connectivity index (χ0v) is 12.1. The van der Waals surface area contributed by atoms with Gasteiger partial charge in [-0.05, 0) is 19.2 Å². The maximum absolute atomic E-state index is 6.28. The SMILES string of the molecule is CN1CCOC1C(Cl)(Cl)[C@@H](Cl)Oc1ccccc1. The molecule has 0 saturated carbocycles. The fourth-order valence-electron chi connectivity index (χ4n) is 1.77. The number of likely N-dealkylation sites (N-methyl/N-ethyl adjacent to an activating group) is 1. The van der Waals surface area contributed by atoms with Crippen LogP contribution in [-0.4, -0.2) is 41.2 Å². The molecule has 18 heavy (non-hydrogen) atoms. The highest BCUT2D eigenvalue weighted by atomic mass is 35.5. The van der Waals surface area contributed by atoms with Gasteiger partial charge in [0, 0.05) is 6.54 Å². The molecular formula is C12H14Cl3NO2. The molecule has 1 aromatic carbocycles. The average molecular weight is 311 g/mol. The van der Waals surface area contributed by atoms with Gasteiger partial charge in [-0.15, -0.1) is 0 Å². The lowest BCUT2D eigenvalue weighted by atomic mass is 10.3. The van der Waals surface area contributed by atoms with Crippen molar-refractivity contribution >= 4 is 34.8 Å². The number of rotatable bonds is 4. The van der Waals surface area contributed by atoms with Crippen LogP contribution in [0.2, 0.25) is 0 Å². The Morgan fingerprint density at radius 3 is 2.61 bits per heavy atom. The summed E-state index contributed by atoms with van der Waals surface area (Å²) in [5.74, 6) is 0.615. The summed E-state index contributed by atoms with van der Waals surface area (Å²) in [5.41, 5.74) is -0.909. The Bertz CT molecular complexity index is 388. The summed E-state index contributed by atoms with van der Waals surface area (Å²) in [6.07, 6.45) is -0.480. The molecule has 0 bridgehead atoms. The molecule has 3 nitrogen and oxygen atoms in total. The van der Waals surface area contributed by atoms with Crippen LogP contribution in [0, 0.1) is 0 Å². The zero-order valence-electron chi connectivity index (χ0n) is 9.85. The Kier molecular flexibility index (Phi) is 4.62. The van der Waals surface area contributed by atoms with Crippen molar-refractivity contribution in [3.05, 3.63) is 30.3 Å². The van der Waals surface area contributed by atoms with Gasteiger partial charge in [-0.1, -0.05) is 53.0 Å². The Hall–Kier alpha value is -0.190. The van der Waals surface area contributed by atoms with E-state index >= 15 is 0 Å². The fraction of sp³-hybridized carbons (Fsp3) is 0.500. The van der Waals surface area contributed by atoms with E-state index in [2.05, 4.69) is 0 Å². The van der Waals surface area contributed by atoms with Crippen LogP contribution in [0.3, 0.4) is 0 Å². The first kappa shape index (κ1) is 14.2. The van der Waals surface area contributed by atoms with Crippen LogP contribution in [0.5, 0.6) is 5.75 Å². The molecule has 2 rings (SSSR count). The molecule has 0 aromatic heterocycles. The number of nitrogens with zero attached hydrogens (tertiary/aromatic N) is 1. The fourth-order valence-corrected chi connectivity index (χ4v) is 2.53. The lowest BCUT2D eigenvalue weighted by Gasteiger charge is -2.33. The topological polar surface area (TPSA) is 21.7 Å². The van der Waals surface area contributed by atoms with E-state index in [1.54, 1.807) is 12.1 Å². The van der Waals surface area contributed by atoms with Crippen molar-refractivity contribution < 1.29 is 9.47 Å². The molecule has 1 aliphatic rings.